The average molecular weight is 328 g/mol. The van der Waals surface area contributed by atoms with Crippen molar-refractivity contribution < 1.29 is 14.7 Å². The standard InChI is InChI=1S/C18H14ClNO3/c1-9-8-14-11-5-2-6-12(18(22)23)15(11)17(21)20(14)16-10(9)4-3-7-13(16)19/h2-7,9,14H,8H2,1H3,(H,22,23)/t9-,14+/m0/s1. The first-order chi connectivity index (χ1) is 11.0. The largest absolute Gasteiger partial charge is 0.478 e. The lowest BCUT2D eigenvalue weighted by atomic mass is 9.85. The number of nitrogens with zero attached hydrogens (tertiary/aromatic N) is 1. The summed E-state index contributed by atoms with van der Waals surface area (Å²) < 4.78 is 0. The fourth-order valence-corrected chi connectivity index (χ4v) is 4.07. The van der Waals surface area contributed by atoms with Crippen LogP contribution < -0.4 is 4.90 Å². The Hall–Kier alpha value is -2.33. The first-order valence-electron chi connectivity index (χ1n) is 7.49. The number of hydrogen-bond donors (Lipinski definition) is 1. The van der Waals surface area contributed by atoms with E-state index >= 15 is 0 Å². The van der Waals surface area contributed by atoms with Gasteiger partial charge in [0.2, 0.25) is 0 Å². The van der Waals surface area contributed by atoms with E-state index in [9.17, 15) is 14.7 Å². The van der Waals surface area contributed by atoms with Gasteiger partial charge in [0.05, 0.1) is 27.9 Å². The van der Waals surface area contributed by atoms with Gasteiger partial charge in [-0.05, 0) is 35.6 Å². The van der Waals surface area contributed by atoms with E-state index in [0.29, 0.717) is 10.6 Å². The number of fused-ring (bicyclic) bond motifs is 5. The molecule has 0 aliphatic carbocycles. The Morgan fingerprint density at radius 2 is 1.91 bits per heavy atom. The van der Waals surface area contributed by atoms with E-state index in [1.54, 1.807) is 17.0 Å². The van der Waals surface area contributed by atoms with E-state index in [4.69, 9.17) is 11.6 Å². The summed E-state index contributed by atoms with van der Waals surface area (Å²) >= 11 is 6.37. The van der Waals surface area contributed by atoms with Crippen molar-refractivity contribution in [1.29, 1.82) is 0 Å². The van der Waals surface area contributed by atoms with Gasteiger partial charge < -0.3 is 5.11 Å². The second kappa shape index (κ2) is 4.83. The molecule has 1 amide bonds. The summed E-state index contributed by atoms with van der Waals surface area (Å²) in [6.45, 7) is 2.11. The summed E-state index contributed by atoms with van der Waals surface area (Å²) in [5.41, 5.74) is 2.89. The minimum absolute atomic E-state index is 0.0585. The molecule has 0 unspecified atom stereocenters. The third-order valence-electron chi connectivity index (χ3n) is 4.80. The number of carbonyl (C=O) groups is 2. The Bertz CT molecular complexity index is 861. The highest BCUT2D eigenvalue weighted by atomic mass is 35.5. The number of amides is 1. The highest BCUT2D eigenvalue weighted by Crippen LogP contribution is 2.52. The van der Waals surface area contributed by atoms with Crippen molar-refractivity contribution >= 4 is 29.2 Å². The molecule has 0 aromatic heterocycles. The van der Waals surface area contributed by atoms with Gasteiger partial charge in [0.25, 0.3) is 5.91 Å². The SMILES string of the molecule is C[C@H]1C[C@@H]2c3cccc(C(=O)O)c3C(=O)N2c2c(Cl)cccc21. The third kappa shape index (κ3) is 1.85. The fourth-order valence-electron chi connectivity index (χ4n) is 3.80. The molecule has 0 fully saturated rings. The van der Waals surface area contributed by atoms with Gasteiger partial charge in [-0.25, -0.2) is 4.79 Å². The van der Waals surface area contributed by atoms with Crippen molar-refractivity contribution in [2.24, 2.45) is 0 Å². The molecule has 2 heterocycles. The van der Waals surface area contributed by atoms with Crippen LogP contribution in [0.5, 0.6) is 0 Å². The molecule has 2 aromatic carbocycles. The van der Waals surface area contributed by atoms with E-state index in [1.165, 1.54) is 6.07 Å². The van der Waals surface area contributed by atoms with E-state index in [0.717, 1.165) is 23.2 Å². The van der Waals surface area contributed by atoms with Crippen LogP contribution in [0.15, 0.2) is 36.4 Å². The highest BCUT2D eigenvalue weighted by molar-refractivity contribution is 6.34. The third-order valence-corrected chi connectivity index (χ3v) is 5.10. The second-order valence-corrected chi connectivity index (χ2v) is 6.49. The molecular formula is C18H14ClNO3. The molecule has 2 aliphatic rings. The van der Waals surface area contributed by atoms with Crippen LogP contribution in [-0.2, 0) is 0 Å². The molecule has 2 aliphatic heterocycles. The predicted octanol–water partition coefficient (Wildman–Crippen LogP) is 4.25. The number of para-hydroxylation sites is 1. The molecule has 4 nitrogen and oxygen atoms in total. The topological polar surface area (TPSA) is 57.6 Å². The summed E-state index contributed by atoms with van der Waals surface area (Å²) in [5.74, 6) is -1.11. The molecule has 1 N–H and O–H groups in total. The summed E-state index contributed by atoms with van der Waals surface area (Å²) in [7, 11) is 0. The lowest BCUT2D eigenvalue weighted by molar-refractivity contribution is 0.0692. The van der Waals surface area contributed by atoms with Crippen molar-refractivity contribution in [3.8, 4) is 0 Å². The maximum absolute atomic E-state index is 13.0. The Labute approximate surface area is 138 Å². The molecule has 0 saturated heterocycles. The summed E-state index contributed by atoms with van der Waals surface area (Å²) in [6.07, 6.45) is 0.759. The lowest BCUT2D eigenvalue weighted by Gasteiger charge is -2.36. The minimum Gasteiger partial charge on any atom is -0.478 e. The van der Waals surface area contributed by atoms with Gasteiger partial charge in [0.15, 0.2) is 0 Å². The molecule has 0 saturated carbocycles. The number of carboxylic acid groups (broad SMARTS) is 1. The van der Waals surface area contributed by atoms with E-state index in [-0.39, 0.29) is 23.4 Å². The summed E-state index contributed by atoms with van der Waals surface area (Å²) in [6, 6.07) is 10.5. The quantitative estimate of drug-likeness (QED) is 0.852. The van der Waals surface area contributed by atoms with Crippen molar-refractivity contribution in [2.45, 2.75) is 25.3 Å². The van der Waals surface area contributed by atoms with Gasteiger partial charge in [-0.15, -0.1) is 0 Å². The number of carbonyl (C=O) groups excluding carboxylic acids is 1. The van der Waals surface area contributed by atoms with E-state index in [1.807, 2.05) is 18.2 Å². The van der Waals surface area contributed by atoms with Crippen LogP contribution in [0.4, 0.5) is 5.69 Å². The smallest absolute Gasteiger partial charge is 0.336 e. The lowest BCUT2D eigenvalue weighted by Crippen LogP contribution is -2.33. The number of carboxylic acids is 1. The monoisotopic (exact) mass is 327 g/mol. The van der Waals surface area contributed by atoms with Crippen molar-refractivity contribution in [3.05, 3.63) is 63.7 Å². The van der Waals surface area contributed by atoms with Gasteiger partial charge in [-0.3, -0.25) is 9.69 Å². The van der Waals surface area contributed by atoms with Gasteiger partial charge in [-0.1, -0.05) is 42.8 Å². The summed E-state index contributed by atoms with van der Waals surface area (Å²) in [5, 5.41) is 9.93. The number of hydrogen-bond acceptors (Lipinski definition) is 2. The Morgan fingerprint density at radius 3 is 2.65 bits per heavy atom. The number of rotatable bonds is 1. The Morgan fingerprint density at radius 1 is 1.22 bits per heavy atom. The molecule has 5 heteroatoms. The van der Waals surface area contributed by atoms with Crippen molar-refractivity contribution in [1.82, 2.24) is 0 Å². The predicted molar refractivity (Wildman–Crippen MR) is 87.4 cm³/mol. The van der Waals surface area contributed by atoms with E-state index in [2.05, 4.69) is 6.92 Å². The molecular weight excluding hydrogens is 314 g/mol. The minimum atomic E-state index is -1.08. The Balaban J connectivity index is 1.98. The number of aromatic carboxylic acids is 1. The number of anilines is 1. The molecule has 0 radical (unpaired) electrons. The van der Waals surface area contributed by atoms with Gasteiger partial charge >= 0.3 is 5.97 Å². The normalized spacial score (nSPS) is 21.7. The molecule has 116 valence electrons. The van der Waals surface area contributed by atoms with Crippen molar-refractivity contribution in [2.75, 3.05) is 4.90 Å². The van der Waals surface area contributed by atoms with Crippen LogP contribution in [0.3, 0.4) is 0 Å². The van der Waals surface area contributed by atoms with E-state index < -0.39 is 5.97 Å². The molecule has 0 spiro atoms. The number of halogens is 1. The molecule has 4 rings (SSSR count). The molecule has 0 bridgehead atoms. The van der Waals surface area contributed by atoms with Gasteiger partial charge in [0, 0.05) is 0 Å². The zero-order chi connectivity index (χ0) is 16.3. The zero-order valence-electron chi connectivity index (χ0n) is 12.4. The van der Waals surface area contributed by atoms with Gasteiger partial charge in [0.1, 0.15) is 0 Å². The zero-order valence-corrected chi connectivity index (χ0v) is 13.2. The fraction of sp³-hybridized carbons (Fsp3) is 0.222. The van der Waals surface area contributed by atoms with Gasteiger partial charge in [-0.2, -0.15) is 0 Å². The Kier molecular flexibility index (Phi) is 3.00. The first kappa shape index (κ1) is 14.3. The highest BCUT2D eigenvalue weighted by Gasteiger charge is 2.45. The first-order valence-corrected chi connectivity index (χ1v) is 7.86. The molecule has 2 aromatic rings. The average Bonchev–Trinajstić information content (AvgIpc) is 2.81. The van der Waals surface area contributed by atoms with Crippen LogP contribution in [0.2, 0.25) is 5.02 Å². The van der Waals surface area contributed by atoms with Crippen LogP contribution in [0, 0.1) is 0 Å². The maximum Gasteiger partial charge on any atom is 0.336 e. The summed E-state index contributed by atoms with van der Waals surface area (Å²) in [4.78, 5) is 26.1. The molecule has 23 heavy (non-hydrogen) atoms. The van der Waals surface area contributed by atoms with Crippen molar-refractivity contribution in [3.63, 3.8) is 0 Å². The number of benzene rings is 2. The van der Waals surface area contributed by atoms with Crippen LogP contribution >= 0.6 is 11.6 Å². The maximum atomic E-state index is 13.0. The second-order valence-electron chi connectivity index (χ2n) is 6.08. The van der Waals surface area contributed by atoms with Crippen LogP contribution in [-0.4, -0.2) is 17.0 Å². The van der Waals surface area contributed by atoms with Crippen LogP contribution in [0.1, 0.15) is 57.1 Å². The molecule has 2 atom stereocenters. The van der Waals surface area contributed by atoms with Crippen LogP contribution in [0.25, 0.3) is 0 Å².